The van der Waals surface area contributed by atoms with Crippen molar-refractivity contribution >= 4 is 17.5 Å². The quantitative estimate of drug-likeness (QED) is 0.460. The molecule has 0 aliphatic heterocycles. The maximum Gasteiger partial charge on any atom is 0.251 e. The molecule has 30 heavy (non-hydrogen) atoms. The van der Waals surface area contributed by atoms with Gasteiger partial charge in [0.25, 0.3) is 5.91 Å². The molecule has 0 radical (unpaired) electrons. The van der Waals surface area contributed by atoms with Gasteiger partial charge in [0.15, 0.2) is 0 Å². The maximum atomic E-state index is 12.4. The van der Waals surface area contributed by atoms with Crippen molar-refractivity contribution in [2.75, 3.05) is 6.54 Å². The molecule has 0 spiro atoms. The van der Waals surface area contributed by atoms with Crippen molar-refractivity contribution in [2.45, 2.75) is 13.3 Å². The van der Waals surface area contributed by atoms with Crippen LogP contribution in [0.5, 0.6) is 0 Å². The van der Waals surface area contributed by atoms with E-state index < -0.39 is 0 Å². The molecule has 3 aromatic carbocycles. The average molecular weight is 418 g/mol. The number of halogens is 1. The lowest BCUT2D eigenvalue weighted by Gasteiger charge is -2.06. The lowest BCUT2D eigenvalue weighted by Crippen LogP contribution is -2.25. The standard InChI is InChI=1S/C24H20ClN3O2/c1-16-4-2-3-5-21(16)24-28-27-23(30-24)19-10-8-18(9-11-19)22(29)26-15-14-17-6-12-20(25)13-7-17/h2-13H,14-15H2,1H3,(H,26,29). The van der Waals surface area contributed by atoms with E-state index in [0.29, 0.717) is 28.9 Å². The smallest absolute Gasteiger partial charge is 0.251 e. The van der Waals surface area contributed by atoms with E-state index in [2.05, 4.69) is 15.5 Å². The number of amides is 1. The molecule has 1 N–H and O–H groups in total. The fraction of sp³-hybridized carbons (Fsp3) is 0.125. The minimum Gasteiger partial charge on any atom is -0.416 e. The number of hydrogen-bond donors (Lipinski definition) is 1. The van der Waals surface area contributed by atoms with E-state index in [-0.39, 0.29) is 5.91 Å². The zero-order valence-corrected chi connectivity index (χ0v) is 17.2. The lowest BCUT2D eigenvalue weighted by molar-refractivity contribution is 0.0954. The van der Waals surface area contributed by atoms with Crippen molar-refractivity contribution in [2.24, 2.45) is 0 Å². The SMILES string of the molecule is Cc1ccccc1-c1nnc(-c2ccc(C(=O)NCCc3ccc(Cl)cc3)cc2)o1. The molecular weight excluding hydrogens is 398 g/mol. The Morgan fingerprint density at radius 3 is 2.37 bits per heavy atom. The first-order valence-corrected chi connectivity index (χ1v) is 10.0. The molecule has 4 rings (SSSR count). The molecule has 5 nitrogen and oxygen atoms in total. The van der Waals surface area contributed by atoms with Crippen LogP contribution in [0.15, 0.2) is 77.2 Å². The van der Waals surface area contributed by atoms with Gasteiger partial charge in [0, 0.05) is 28.3 Å². The molecule has 0 unspecified atom stereocenters. The Morgan fingerprint density at radius 1 is 0.933 bits per heavy atom. The highest BCUT2D eigenvalue weighted by Gasteiger charge is 2.13. The fourth-order valence-corrected chi connectivity index (χ4v) is 3.23. The van der Waals surface area contributed by atoms with Gasteiger partial charge >= 0.3 is 0 Å². The molecule has 1 aromatic heterocycles. The summed E-state index contributed by atoms with van der Waals surface area (Å²) in [6, 6.07) is 22.6. The number of aromatic nitrogens is 2. The summed E-state index contributed by atoms with van der Waals surface area (Å²) in [6.07, 6.45) is 0.741. The minimum atomic E-state index is -0.123. The third-order valence-electron chi connectivity index (χ3n) is 4.81. The van der Waals surface area contributed by atoms with E-state index in [1.54, 1.807) is 12.1 Å². The summed E-state index contributed by atoms with van der Waals surface area (Å²) < 4.78 is 5.83. The molecule has 0 fully saturated rings. The number of nitrogens with one attached hydrogen (secondary N) is 1. The predicted molar refractivity (Wildman–Crippen MR) is 117 cm³/mol. The number of carbonyl (C=O) groups excluding carboxylic acids is 1. The Morgan fingerprint density at radius 2 is 1.63 bits per heavy atom. The number of rotatable bonds is 6. The molecule has 0 bridgehead atoms. The first kappa shape index (κ1) is 19.9. The number of carbonyl (C=O) groups is 1. The first-order chi connectivity index (χ1) is 14.6. The largest absolute Gasteiger partial charge is 0.416 e. The van der Waals surface area contributed by atoms with E-state index in [0.717, 1.165) is 28.7 Å². The van der Waals surface area contributed by atoms with E-state index in [4.69, 9.17) is 16.0 Å². The Labute approximate surface area is 179 Å². The van der Waals surface area contributed by atoms with Crippen molar-refractivity contribution in [3.05, 3.63) is 94.5 Å². The van der Waals surface area contributed by atoms with Gasteiger partial charge in [0.1, 0.15) is 0 Å². The van der Waals surface area contributed by atoms with Crippen LogP contribution in [-0.4, -0.2) is 22.6 Å². The highest BCUT2D eigenvalue weighted by atomic mass is 35.5. The van der Waals surface area contributed by atoms with Gasteiger partial charge < -0.3 is 9.73 Å². The van der Waals surface area contributed by atoms with Crippen molar-refractivity contribution in [3.63, 3.8) is 0 Å². The Hall–Kier alpha value is -3.44. The topological polar surface area (TPSA) is 68.0 Å². The minimum absolute atomic E-state index is 0.123. The van der Waals surface area contributed by atoms with E-state index in [9.17, 15) is 4.79 Å². The third kappa shape index (κ3) is 4.58. The Bertz CT molecular complexity index is 1150. The number of benzene rings is 3. The molecule has 0 atom stereocenters. The second-order valence-corrected chi connectivity index (χ2v) is 7.37. The van der Waals surface area contributed by atoms with Crippen molar-refractivity contribution in [1.82, 2.24) is 15.5 Å². The zero-order chi connectivity index (χ0) is 20.9. The molecule has 1 amide bonds. The summed E-state index contributed by atoms with van der Waals surface area (Å²) in [5.41, 5.74) is 4.44. The Kier molecular flexibility index (Phi) is 5.91. The normalized spacial score (nSPS) is 10.7. The van der Waals surface area contributed by atoms with Gasteiger partial charge in [-0.25, -0.2) is 0 Å². The monoisotopic (exact) mass is 417 g/mol. The van der Waals surface area contributed by atoms with Crippen molar-refractivity contribution < 1.29 is 9.21 Å². The van der Waals surface area contributed by atoms with Crippen molar-refractivity contribution in [3.8, 4) is 22.9 Å². The van der Waals surface area contributed by atoms with Crippen LogP contribution in [0.3, 0.4) is 0 Å². The molecule has 4 aromatic rings. The Balaban J connectivity index is 1.38. The van der Waals surface area contributed by atoms with Crippen LogP contribution in [0.4, 0.5) is 0 Å². The van der Waals surface area contributed by atoms with Crippen LogP contribution in [0.2, 0.25) is 5.02 Å². The van der Waals surface area contributed by atoms with Gasteiger partial charge in [0.2, 0.25) is 11.8 Å². The van der Waals surface area contributed by atoms with Crippen LogP contribution in [0.25, 0.3) is 22.9 Å². The van der Waals surface area contributed by atoms with Gasteiger partial charge in [-0.15, -0.1) is 10.2 Å². The summed E-state index contributed by atoms with van der Waals surface area (Å²) in [6.45, 7) is 2.55. The van der Waals surface area contributed by atoms with E-state index in [1.807, 2.05) is 67.6 Å². The van der Waals surface area contributed by atoms with Gasteiger partial charge in [-0.2, -0.15) is 0 Å². The van der Waals surface area contributed by atoms with Crippen LogP contribution < -0.4 is 5.32 Å². The molecule has 0 aliphatic carbocycles. The highest BCUT2D eigenvalue weighted by molar-refractivity contribution is 6.30. The summed E-state index contributed by atoms with van der Waals surface area (Å²) >= 11 is 5.89. The first-order valence-electron chi connectivity index (χ1n) is 9.63. The van der Waals surface area contributed by atoms with Crippen molar-refractivity contribution in [1.29, 1.82) is 0 Å². The lowest BCUT2D eigenvalue weighted by atomic mass is 10.1. The highest BCUT2D eigenvalue weighted by Crippen LogP contribution is 2.26. The second-order valence-electron chi connectivity index (χ2n) is 6.94. The van der Waals surface area contributed by atoms with Gasteiger partial charge in [-0.3, -0.25) is 4.79 Å². The molecule has 150 valence electrons. The molecule has 0 saturated heterocycles. The molecular formula is C24H20ClN3O2. The van der Waals surface area contributed by atoms with Crippen LogP contribution in [0, 0.1) is 6.92 Å². The summed E-state index contributed by atoms with van der Waals surface area (Å²) in [7, 11) is 0. The average Bonchev–Trinajstić information content (AvgIpc) is 3.25. The molecule has 0 aliphatic rings. The fourth-order valence-electron chi connectivity index (χ4n) is 3.10. The molecule has 0 saturated carbocycles. The van der Waals surface area contributed by atoms with Crippen LogP contribution in [0.1, 0.15) is 21.5 Å². The van der Waals surface area contributed by atoms with E-state index >= 15 is 0 Å². The summed E-state index contributed by atoms with van der Waals surface area (Å²) in [5, 5.41) is 11.9. The number of aryl methyl sites for hydroxylation is 1. The summed E-state index contributed by atoms with van der Waals surface area (Å²) in [4.78, 5) is 12.4. The van der Waals surface area contributed by atoms with Gasteiger partial charge in [0.05, 0.1) is 0 Å². The predicted octanol–water partition coefficient (Wildman–Crippen LogP) is 5.34. The number of hydrogen-bond acceptors (Lipinski definition) is 4. The molecule has 1 heterocycles. The van der Waals surface area contributed by atoms with Crippen LogP contribution >= 0.6 is 11.6 Å². The maximum absolute atomic E-state index is 12.4. The van der Waals surface area contributed by atoms with Gasteiger partial charge in [-0.05, 0) is 66.9 Å². The van der Waals surface area contributed by atoms with Crippen LogP contribution in [-0.2, 0) is 6.42 Å². The van der Waals surface area contributed by atoms with Gasteiger partial charge in [-0.1, -0.05) is 41.9 Å². The third-order valence-corrected chi connectivity index (χ3v) is 5.06. The second kappa shape index (κ2) is 8.93. The molecule has 6 heteroatoms. The number of nitrogens with zero attached hydrogens (tertiary/aromatic N) is 2. The summed E-state index contributed by atoms with van der Waals surface area (Å²) in [5.74, 6) is 0.775. The zero-order valence-electron chi connectivity index (χ0n) is 16.4. The van der Waals surface area contributed by atoms with E-state index in [1.165, 1.54) is 0 Å².